The Bertz CT molecular complexity index is 584. The standard InChI is InChI=1S/C14H17NO3/c1-14(2,8-13(16)17)9-6-11-10(4-5-15-11)12(7-9)18-3/h4-7,15H,8H2,1-3H3,(H,16,17). The molecule has 1 aromatic heterocycles. The second kappa shape index (κ2) is 4.37. The Morgan fingerprint density at radius 2 is 2.17 bits per heavy atom. The Kier molecular flexibility index (Phi) is 3.03. The fraction of sp³-hybridized carbons (Fsp3) is 0.357. The van der Waals surface area contributed by atoms with Gasteiger partial charge in [-0.15, -0.1) is 0 Å². The number of aromatic amines is 1. The smallest absolute Gasteiger partial charge is 0.304 e. The van der Waals surface area contributed by atoms with Gasteiger partial charge in [-0.2, -0.15) is 0 Å². The van der Waals surface area contributed by atoms with Gasteiger partial charge in [0.1, 0.15) is 5.75 Å². The highest BCUT2D eigenvalue weighted by Crippen LogP contribution is 2.34. The average molecular weight is 247 g/mol. The number of ether oxygens (including phenoxy) is 1. The van der Waals surface area contributed by atoms with Gasteiger partial charge in [-0.3, -0.25) is 4.79 Å². The SMILES string of the molecule is COc1cc(C(C)(C)CC(=O)O)cc2[nH]ccc12. The summed E-state index contributed by atoms with van der Waals surface area (Å²) < 4.78 is 5.36. The molecule has 0 fully saturated rings. The van der Waals surface area contributed by atoms with Gasteiger partial charge < -0.3 is 14.8 Å². The van der Waals surface area contributed by atoms with Crippen LogP contribution in [0.3, 0.4) is 0 Å². The second-order valence-corrected chi connectivity index (χ2v) is 5.07. The largest absolute Gasteiger partial charge is 0.496 e. The van der Waals surface area contributed by atoms with Gasteiger partial charge in [-0.1, -0.05) is 13.8 Å². The van der Waals surface area contributed by atoms with Gasteiger partial charge in [0.25, 0.3) is 0 Å². The third-order valence-corrected chi connectivity index (χ3v) is 3.23. The Hall–Kier alpha value is -1.97. The van der Waals surface area contributed by atoms with Crippen LogP contribution in [-0.2, 0) is 10.2 Å². The van der Waals surface area contributed by atoms with E-state index in [9.17, 15) is 4.79 Å². The van der Waals surface area contributed by atoms with E-state index in [0.29, 0.717) is 0 Å². The van der Waals surface area contributed by atoms with Crippen molar-refractivity contribution < 1.29 is 14.6 Å². The van der Waals surface area contributed by atoms with Crippen LogP contribution in [0.4, 0.5) is 0 Å². The zero-order valence-electron chi connectivity index (χ0n) is 10.8. The molecule has 0 amide bonds. The average Bonchev–Trinajstić information content (AvgIpc) is 2.73. The molecule has 18 heavy (non-hydrogen) atoms. The molecule has 0 unspecified atom stereocenters. The molecule has 0 saturated carbocycles. The number of rotatable bonds is 4. The maximum Gasteiger partial charge on any atom is 0.304 e. The van der Waals surface area contributed by atoms with Gasteiger partial charge in [0.05, 0.1) is 13.5 Å². The van der Waals surface area contributed by atoms with E-state index in [2.05, 4.69) is 4.98 Å². The minimum Gasteiger partial charge on any atom is -0.496 e. The number of methoxy groups -OCH3 is 1. The molecule has 0 atom stereocenters. The first-order chi connectivity index (χ1) is 8.44. The number of hydrogen-bond donors (Lipinski definition) is 2. The molecular formula is C14H17NO3. The molecular weight excluding hydrogens is 230 g/mol. The molecule has 4 heteroatoms. The molecule has 1 heterocycles. The van der Waals surface area contributed by atoms with Crippen LogP contribution in [0.5, 0.6) is 5.75 Å². The Labute approximate surface area is 106 Å². The molecule has 0 aliphatic rings. The molecule has 96 valence electrons. The third kappa shape index (κ3) is 2.18. The van der Waals surface area contributed by atoms with E-state index in [1.807, 2.05) is 38.2 Å². The molecule has 0 saturated heterocycles. The number of aliphatic carboxylic acids is 1. The Balaban J connectivity index is 2.54. The van der Waals surface area contributed by atoms with E-state index in [1.165, 1.54) is 0 Å². The van der Waals surface area contributed by atoms with Gasteiger partial charge >= 0.3 is 5.97 Å². The van der Waals surface area contributed by atoms with E-state index >= 15 is 0 Å². The van der Waals surface area contributed by atoms with Crippen LogP contribution < -0.4 is 4.74 Å². The van der Waals surface area contributed by atoms with Gasteiger partial charge in [-0.25, -0.2) is 0 Å². The number of fused-ring (bicyclic) bond motifs is 1. The summed E-state index contributed by atoms with van der Waals surface area (Å²) in [5.74, 6) is -0.0345. The van der Waals surface area contributed by atoms with Crippen molar-refractivity contribution >= 4 is 16.9 Å². The van der Waals surface area contributed by atoms with Crippen LogP contribution in [-0.4, -0.2) is 23.2 Å². The van der Waals surface area contributed by atoms with Crippen molar-refractivity contribution in [3.05, 3.63) is 30.0 Å². The van der Waals surface area contributed by atoms with Gasteiger partial charge in [0.15, 0.2) is 0 Å². The minimum absolute atomic E-state index is 0.0857. The monoisotopic (exact) mass is 247 g/mol. The molecule has 2 N–H and O–H groups in total. The maximum atomic E-state index is 10.9. The zero-order chi connectivity index (χ0) is 13.3. The first-order valence-corrected chi connectivity index (χ1v) is 5.81. The molecule has 2 rings (SSSR count). The quantitative estimate of drug-likeness (QED) is 0.873. The fourth-order valence-electron chi connectivity index (χ4n) is 2.17. The summed E-state index contributed by atoms with van der Waals surface area (Å²) >= 11 is 0. The number of carbonyl (C=O) groups is 1. The summed E-state index contributed by atoms with van der Waals surface area (Å²) in [5.41, 5.74) is 1.48. The van der Waals surface area contributed by atoms with Gasteiger partial charge in [0.2, 0.25) is 0 Å². The molecule has 1 aromatic carbocycles. The van der Waals surface area contributed by atoms with Crippen molar-refractivity contribution in [3.63, 3.8) is 0 Å². The van der Waals surface area contributed by atoms with Crippen LogP contribution >= 0.6 is 0 Å². The van der Waals surface area contributed by atoms with Crippen molar-refractivity contribution in [2.24, 2.45) is 0 Å². The minimum atomic E-state index is -0.800. The van der Waals surface area contributed by atoms with Gasteiger partial charge in [-0.05, 0) is 23.8 Å². The normalized spacial score (nSPS) is 11.7. The first kappa shape index (κ1) is 12.5. The van der Waals surface area contributed by atoms with Crippen molar-refractivity contribution in [1.82, 2.24) is 4.98 Å². The van der Waals surface area contributed by atoms with Crippen molar-refractivity contribution in [1.29, 1.82) is 0 Å². The molecule has 0 bridgehead atoms. The highest BCUT2D eigenvalue weighted by Gasteiger charge is 2.25. The van der Waals surface area contributed by atoms with Crippen LogP contribution in [0.1, 0.15) is 25.8 Å². The summed E-state index contributed by atoms with van der Waals surface area (Å²) in [5, 5.41) is 9.98. The zero-order valence-corrected chi connectivity index (χ0v) is 10.8. The summed E-state index contributed by atoms with van der Waals surface area (Å²) in [7, 11) is 1.62. The second-order valence-electron chi connectivity index (χ2n) is 5.07. The molecule has 4 nitrogen and oxygen atoms in total. The molecule has 0 spiro atoms. The van der Waals surface area contributed by atoms with E-state index < -0.39 is 11.4 Å². The maximum absolute atomic E-state index is 10.9. The van der Waals surface area contributed by atoms with Crippen molar-refractivity contribution in [3.8, 4) is 5.75 Å². The van der Waals surface area contributed by atoms with Crippen molar-refractivity contribution in [2.75, 3.05) is 7.11 Å². The van der Waals surface area contributed by atoms with Crippen molar-refractivity contribution in [2.45, 2.75) is 25.7 Å². The first-order valence-electron chi connectivity index (χ1n) is 5.81. The highest BCUT2D eigenvalue weighted by molar-refractivity contribution is 5.87. The Morgan fingerprint density at radius 3 is 2.78 bits per heavy atom. The summed E-state index contributed by atoms with van der Waals surface area (Å²) in [4.78, 5) is 14.0. The topological polar surface area (TPSA) is 62.3 Å². The summed E-state index contributed by atoms with van der Waals surface area (Å²) in [6.07, 6.45) is 1.93. The molecule has 0 radical (unpaired) electrons. The fourth-order valence-corrected chi connectivity index (χ4v) is 2.17. The highest BCUT2D eigenvalue weighted by atomic mass is 16.5. The van der Waals surface area contributed by atoms with Gasteiger partial charge in [0, 0.05) is 22.5 Å². The molecule has 0 aliphatic carbocycles. The van der Waals surface area contributed by atoms with Crippen LogP contribution in [0.25, 0.3) is 10.9 Å². The number of H-pyrrole nitrogens is 1. The number of carboxylic acids is 1. The Morgan fingerprint density at radius 1 is 1.44 bits per heavy atom. The number of carboxylic acid groups (broad SMARTS) is 1. The lowest BCUT2D eigenvalue weighted by Crippen LogP contribution is -2.21. The number of nitrogens with one attached hydrogen (secondary N) is 1. The molecule has 2 aromatic rings. The number of hydrogen-bond acceptors (Lipinski definition) is 2. The summed E-state index contributed by atoms with van der Waals surface area (Å²) in [6, 6.07) is 5.85. The lowest BCUT2D eigenvalue weighted by molar-refractivity contribution is -0.138. The predicted octanol–water partition coefficient (Wildman–Crippen LogP) is 2.93. The van der Waals surface area contributed by atoms with E-state index in [0.717, 1.165) is 22.2 Å². The lowest BCUT2D eigenvalue weighted by atomic mass is 9.81. The number of aromatic nitrogens is 1. The van der Waals surface area contributed by atoms with Crippen LogP contribution in [0.2, 0.25) is 0 Å². The van der Waals surface area contributed by atoms with Crippen LogP contribution in [0, 0.1) is 0 Å². The predicted molar refractivity (Wildman–Crippen MR) is 70.1 cm³/mol. The lowest BCUT2D eigenvalue weighted by Gasteiger charge is -2.23. The van der Waals surface area contributed by atoms with E-state index in [-0.39, 0.29) is 6.42 Å². The summed E-state index contributed by atoms with van der Waals surface area (Å²) in [6.45, 7) is 3.84. The third-order valence-electron chi connectivity index (χ3n) is 3.23. The van der Waals surface area contributed by atoms with E-state index in [4.69, 9.17) is 9.84 Å². The number of benzene rings is 1. The molecule has 0 aliphatic heterocycles. The van der Waals surface area contributed by atoms with Crippen LogP contribution in [0.15, 0.2) is 24.4 Å². The van der Waals surface area contributed by atoms with E-state index in [1.54, 1.807) is 7.11 Å².